The Morgan fingerprint density at radius 1 is 1.52 bits per heavy atom. The Morgan fingerprint density at radius 2 is 2.33 bits per heavy atom. The lowest BCUT2D eigenvalue weighted by Crippen LogP contribution is -2.35. The van der Waals surface area contributed by atoms with Gasteiger partial charge in [0.2, 0.25) is 0 Å². The molecule has 0 aliphatic carbocycles. The largest absolute Gasteiger partial charge is 0.495 e. The second-order valence-electron chi connectivity index (χ2n) is 4.89. The molecule has 2 unspecified atom stereocenters. The van der Waals surface area contributed by atoms with Crippen molar-refractivity contribution in [1.29, 1.82) is 0 Å². The first kappa shape index (κ1) is 16.1. The third kappa shape index (κ3) is 4.09. The summed E-state index contributed by atoms with van der Waals surface area (Å²) in [5.74, 6) is 0.220. The van der Waals surface area contributed by atoms with E-state index in [4.69, 9.17) is 25.8 Å². The zero-order valence-electron chi connectivity index (χ0n) is 12.2. The second kappa shape index (κ2) is 7.64. The van der Waals surface area contributed by atoms with Gasteiger partial charge >= 0.3 is 5.97 Å². The summed E-state index contributed by atoms with van der Waals surface area (Å²) >= 11 is 6.12. The predicted octanol–water partition coefficient (Wildman–Crippen LogP) is 2.33. The average molecular weight is 314 g/mol. The van der Waals surface area contributed by atoms with E-state index in [0.717, 1.165) is 25.0 Å². The molecule has 1 aliphatic rings. The number of hydrogen-bond donors (Lipinski definition) is 1. The van der Waals surface area contributed by atoms with Gasteiger partial charge in [0, 0.05) is 13.2 Å². The standard InChI is InChI=1S/C15H20ClNO4/c1-19-13-6-5-10(8-12(13)16)14(15(18)20-2)17-9-11-4-3-7-21-11/h5-6,8,11,14,17H,3-4,7,9H2,1-2H3. The Kier molecular flexibility index (Phi) is 5.85. The zero-order chi connectivity index (χ0) is 15.2. The summed E-state index contributed by atoms with van der Waals surface area (Å²) in [6.45, 7) is 1.38. The van der Waals surface area contributed by atoms with Crippen molar-refractivity contribution in [3.8, 4) is 5.75 Å². The molecular formula is C15H20ClNO4. The lowest BCUT2D eigenvalue weighted by molar-refractivity contribution is -0.143. The van der Waals surface area contributed by atoms with E-state index in [-0.39, 0.29) is 12.1 Å². The molecule has 1 aliphatic heterocycles. The molecule has 5 nitrogen and oxygen atoms in total. The number of benzene rings is 1. The molecule has 0 saturated carbocycles. The second-order valence-corrected chi connectivity index (χ2v) is 5.30. The number of rotatable bonds is 6. The van der Waals surface area contributed by atoms with Crippen LogP contribution >= 0.6 is 11.6 Å². The van der Waals surface area contributed by atoms with Crippen LogP contribution in [0.4, 0.5) is 0 Å². The summed E-state index contributed by atoms with van der Waals surface area (Å²) in [6, 6.07) is 4.68. The van der Waals surface area contributed by atoms with E-state index < -0.39 is 6.04 Å². The van der Waals surface area contributed by atoms with Crippen molar-refractivity contribution in [3.05, 3.63) is 28.8 Å². The van der Waals surface area contributed by atoms with Gasteiger partial charge in [0.05, 0.1) is 25.3 Å². The molecule has 0 amide bonds. The molecule has 1 heterocycles. The van der Waals surface area contributed by atoms with Crippen molar-refractivity contribution in [3.63, 3.8) is 0 Å². The first-order valence-corrected chi connectivity index (χ1v) is 7.29. The number of carbonyl (C=O) groups excluding carboxylic acids is 1. The van der Waals surface area contributed by atoms with Crippen LogP contribution in [0.25, 0.3) is 0 Å². The maximum Gasteiger partial charge on any atom is 0.327 e. The minimum atomic E-state index is -0.567. The summed E-state index contributed by atoms with van der Waals surface area (Å²) in [7, 11) is 2.92. The monoisotopic (exact) mass is 313 g/mol. The van der Waals surface area contributed by atoms with Crippen molar-refractivity contribution in [2.24, 2.45) is 0 Å². The third-order valence-electron chi connectivity index (χ3n) is 3.52. The lowest BCUT2D eigenvalue weighted by Gasteiger charge is -2.19. The number of nitrogens with one attached hydrogen (secondary N) is 1. The van der Waals surface area contributed by atoms with E-state index in [1.54, 1.807) is 25.3 Å². The summed E-state index contributed by atoms with van der Waals surface area (Å²) in [5, 5.41) is 3.66. The highest BCUT2D eigenvalue weighted by atomic mass is 35.5. The van der Waals surface area contributed by atoms with Gasteiger partial charge in [-0.1, -0.05) is 17.7 Å². The van der Waals surface area contributed by atoms with E-state index in [0.29, 0.717) is 17.3 Å². The quantitative estimate of drug-likeness (QED) is 0.817. The molecule has 0 spiro atoms. The van der Waals surface area contributed by atoms with Crippen LogP contribution in [-0.4, -0.2) is 39.4 Å². The van der Waals surface area contributed by atoms with Gasteiger partial charge in [-0.3, -0.25) is 5.32 Å². The highest BCUT2D eigenvalue weighted by molar-refractivity contribution is 6.32. The zero-order valence-corrected chi connectivity index (χ0v) is 13.0. The Hall–Kier alpha value is -1.30. The Morgan fingerprint density at radius 3 is 2.90 bits per heavy atom. The average Bonchev–Trinajstić information content (AvgIpc) is 3.00. The van der Waals surface area contributed by atoms with Gasteiger partial charge in [-0.15, -0.1) is 0 Å². The van der Waals surface area contributed by atoms with E-state index in [1.807, 2.05) is 0 Å². The molecule has 0 bridgehead atoms. The molecule has 1 saturated heterocycles. The number of ether oxygens (including phenoxy) is 3. The number of methoxy groups -OCH3 is 2. The van der Waals surface area contributed by atoms with Gasteiger partial charge in [-0.25, -0.2) is 4.79 Å². The van der Waals surface area contributed by atoms with Crippen LogP contribution in [-0.2, 0) is 14.3 Å². The lowest BCUT2D eigenvalue weighted by atomic mass is 10.1. The third-order valence-corrected chi connectivity index (χ3v) is 3.82. The SMILES string of the molecule is COC(=O)C(NCC1CCCO1)c1ccc(OC)c(Cl)c1. The molecule has 116 valence electrons. The fraction of sp³-hybridized carbons (Fsp3) is 0.533. The van der Waals surface area contributed by atoms with Crippen molar-refractivity contribution >= 4 is 17.6 Å². The van der Waals surface area contributed by atoms with Gasteiger partial charge in [-0.2, -0.15) is 0 Å². The predicted molar refractivity (Wildman–Crippen MR) is 79.7 cm³/mol. The number of halogens is 1. The van der Waals surface area contributed by atoms with Gasteiger partial charge in [0.15, 0.2) is 0 Å². The van der Waals surface area contributed by atoms with E-state index in [2.05, 4.69) is 5.32 Å². The smallest absolute Gasteiger partial charge is 0.327 e. The van der Waals surface area contributed by atoms with Gasteiger partial charge in [0.25, 0.3) is 0 Å². The van der Waals surface area contributed by atoms with Gasteiger partial charge in [-0.05, 0) is 30.5 Å². The van der Waals surface area contributed by atoms with Crippen molar-refractivity contribution in [1.82, 2.24) is 5.32 Å². The van der Waals surface area contributed by atoms with Crippen molar-refractivity contribution in [2.45, 2.75) is 25.0 Å². The molecule has 21 heavy (non-hydrogen) atoms. The van der Waals surface area contributed by atoms with Crippen LogP contribution in [0.15, 0.2) is 18.2 Å². The summed E-state index contributed by atoms with van der Waals surface area (Å²) in [6.07, 6.45) is 2.21. The minimum absolute atomic E-state index is 0.144. The molecule has 2 rings (SSSR count). The topological polar surface area (TPSA) is 56.8 Å². The van der Waals surface area contributed by atoms with E-state index in [1.165, 1.54) is 7.11 Å². The van der Waals surface area contributed by atoms with E-state index in [9.17, 15) is 4.79 Å². The highest BCUT2D eigenvalue weighted by Crippen LogP contribution is 2.28. The molecule has 1 aromatic rings. The Bertz CT molecular complexity index is 489. The molecule has 0 aromatic heterocycles. The van der Waals surface area contributed by atoms with E-state index >= 15 is 0 Å². The Labute approximate surface area is 129 Å². The van der Waals surface area contributed by atoms with Crippen LogP contribution in [0.5, 0.6) is 5.75 Å². The van der Waals surface area contributed by atoms with Crippen LogP contribution < -0.4 is 10.1 Å². The highest BCUT2D eigenvalue weighted by Gasteiger charge is 2.24. The van der Waals surface area contributed by atoms with Crippen LogP contribution in [0.1, 0.15) is 24.4 Å². The molecule has 2 atom stereocenters. The maximum absolute atomic E-state index is 12.0. The molecule has 0 radical (unpaired) electrons. The van der Waals surface area contributed by atoms with Crippen LogP contribution in [0.3, 0.4) is 0 Å². The Balaban J connectivity index is 2.10. The fourth-order valence-electron chi connectivity index (χ4n) is 2.37. The number of hydrogen-bond acceptors (Lipinski definition) is 5. The summed E-state index contributed by atoms with van der Waals surface area (Å²) in [5.41, 5.74) is 0.741. The fourth-order valence-corrected chi connectivity index (χ4v) is 2.64. The van der Waals surface area contributed by atoms with Crippen LogP contribution in [0.2, 0.25) is 5.02 Å². The molecular weight excluding hydrogens is 294 g/mol. The van der Waals surface area contributed by atoms with Crippen molar-refractivity contribution < 1.29 is 19.0 Å². The maximum atomic E-state index is 12.0. The van der Waals surface area contributed by atoms with Crippen LogP contribution in [0, 0.1) is 0 Å². The molecule has 6 heteroatoms. The first-order chi connectivity index (χ1) is 10.2. The summed E-state index contributed by atoms with van der Waals surface area (Å²) in [4.78, 5) is 12.0. The minimum Gasteiger partial charge on any atom is -0.495 e. The summed E-state index contributed by atoms with van der Waals surface area (Å²) < 4.78 is 15.5. The van der Waals surface area contributed by atoms with Gasteiger partial charge in [0.1, 0.15) is 11.8 Å². The molecule has 1 fully saturated rings. The number of esters is 1. The number of carbonyl (C=O) groups is 1. The van der Waals surface area contributed by atoms with Crippen molar-refractivity contribution in [2.75, 3.05) is 27.4 Å². The molecule has 1 N–H and O–H groups in total. The van der Waals surface area contributed by atoms with Gasteiger partial charge < -0.3 is 14.2 Å². The normalized spacial score (nSPS) is 19.3. The molecule has 1 aromatic carbocycles. The first-order valence-electron chi connectivity index (χ1n) is 6.92.